The van der Waals surface area contributed by atoms with Gasteiger partial charge < -0.3 is 14.6 Å². The van der Waals surface area contributed by atoms with Crippen molar-refractivity contribution in [2.75, 3.05) is 13.1 Å². The number of H-pyrrole nitrogens is 1. The number of hydrogen-bond donors (Lipinski definition) is 2. The molecule has 8 nitrogen and oxygen atoms in total. The number of rotatable bonds is 5. The van der Waals surface area contributed by atoms with Crippen LogP contribution in [0.3, 0.4) is 0 Å². The third-order valence-corrected chi connectivity index (χ3v) is 5.08. The van der Waals surface area contributed by atoms with Gasteiger partial charge in [-0.1, -0.05) is 0 Å². The maximum Gasteiger partial charge on any atom is 0.271 e. The molecule has 0 aliphatic carbocycles. The maximum absolute atomic E-state index is 12.9. The topological polar surface area (TPSA) is 104 Å². The van der Waals surface area contributed by atoms with Crippen molar-refractivity contribution < 1.29 is 14.0 Å². The maximum atomic E-state index is 12.9. The van der Waals surface area contributed by atoms with Crippen LogP contribution in [0.4, 0.5) is 0 Å². The number of nitrogens with one attached hydrogen (secondary N) is 2. The average molecular weight is 393 g/mol. The molecule has 1 fully saturated rings. The number of aryl methyl sites for hydroxylation is 1. The molecule has 2 N–H and O–H groups in total. The lowest BCUT2D eigenvalue weighted by molar-refractivity contribution is -0.126. The first kappa shape index (κ1) is 18.9. The van der Waals surface area contributed by atoms with Crippen molar-refractivity contribution >= 4 is 11.8 Å². The summed E-state index contributed by atoms with van der Waals surface area (Å²) in [5.41, 5.74) is 1.92. The number of piperidine rings is 1. The zero-order chi connectivity index (χ0) is 20.2. The molecule has 8 heteroatoms. The summed E-state index contributed by atoms with van der Waals surface area (Å²) in [6, 6.07) is 9.15. The van der Waals surface area contributed by atoms with Crippen LogP contribution < -0.4 is 5.32 Å². The summed E-state index contributed by atoms with van der Waals surface area (Å²) in [5.74, 6) is 1.10. The van der Waals surface area contributed by atoms with E-state index in [4.69, 9.17) is 4.42 Å². The number of amides is 2. The highest BCUT2D eigenvalue weighted by Crippen LogP contribution is 2.21. The summed E-state index contributed by atoms with van der Waals surface area (Å²) in [6.45, 7) is 3.24. The van der Waals surface area contributed by atoms with Crippen molar-refractivity contribution in [1.29, 1.82) is 0 Å². The largest absolute Gasteiger partial charge is 0.465 e. The summed E-state index contributed by atoms with van der Waals surface area (Å²) in [6.07, 6.45) is 4.93. The van der Waals surface area contributed by atoms with Crippen LogP contribution in [-0.4, -0.2) is 45.0 Å². The first-order valence-electron chi connectivity index (χ1n) is 9.68. The molecule has 0 bridgehead atoms. The van der Waals surface area contributed by atoms with Crippen molar-refractivity contribution in [2.24, 2.45) is 5.92 Å². The molecule has 4 rings (SSSR count). The Morgan fingerprint density at radius 2 is 2.24 bits per heavy atom. The van der Waals surface area contributed by atoms with E-state index in [2.05, 4.69) is 20.5 Å². The highest BCUT2D eigenvalue weighted by atomic mass is 16.3. The molecule has 1 saturated heterocycles. The van der Waals surface area contributed by atoms with Gasteiger partial charge in [0, 0.05) is 31.0 Å². The molecule has 0 unspecified atom stereocenters. The van der Waals surface area contributed by atoms with Crippen molar-refractivity contribution in [3.8, 4) is 11.3 Å². The summed E-state index contributed by atoms with van der Waals surface area (Å²) in [5, 5.41) is 9.94. The van der Waals surface area contributed by atoms with Gasteiger partial charge >= 0.3 is 0 Å². The predicted octanol–water partition coefficient (Wildman–Crippen LogP) is 2.54. The predicted molar refractivity (Wildman–Crippen MR) is 106 cm³/mol. The molecule has 0 spiro atoms. The SMILES string of the molecule is Cc1ccc(CNC(=O)[C@@H]2CCCN(C(=O)c3cc(-c4cccnc4)n[nH]3)C2)o1. The van der Waals surface area contributed by atoms with E-state index in [1.165, 1.54) is 0 Å². The number of likely N-dealkylation sites (tertiary alicyclic amines) is 1. The van der Waals surface area contributed by atoms with Crippen molar-refractivity contribution in [2.45, 2.75) is 26.3 Å². The van der Waals surface area contributed by atoms with E-state index in [1.807, 2.05) is 31.2 Å². The second-order valence-electron chi connectivity index (χ2n) is 7.23. The Balaban J connectivity index is 1.37. The first-order valence-corrected chi connectivity index (χ1v) is 9.68. The molecule has 29 heavy (non-hydrogen) atoms. The fourth-order valence-corrected chi connectivity index (χ4v) is 3.54. The molecule has 1 atom stereocenters. The number of pyridine rings is 1. The quantitative estimate of drug-likeness (QED) is 0.693. The molecule has 0 saturated carbocycles. The van der Waals surface area contributed by atoms with Crippen LogP contribution in [0.25, 0.3) is 11.3 Å². The van der Waals surface area contributed by atoms with Crippen LogP contribution in [-0.2, 0) is 11.3 Å². The van der Waals surface area contributed by atoms with E-state index in [9.17, 15) is 9.59 Å². The fraction of sp³-hybridized carbons (Fsp3) is 0.333. The van der Waals surface area contributed by atoms with Crippen molar-refractivity contribution in [3.05, 3.63) is 59.9 Å². The molecular formula is C21H23N5O3. The molecule has 4 heterocycles. The number of nitrogens with zero attached hydrogens (tertiary/aromatic N) is 3. The monoisotopic (exact) mass is 393 g/mol. The minimum atomic E-state index is -0.232. The Kier molecular flexibility index (Phi) is 5.41. The standard InChI is InChI=1S/C21H23N5O3/c1-14-6-7-17(29-14)12-23-20(27)16-5-3-9-26(13-16)21(28)19-10-18(24-25-19)15-4-2-8-22-11-15/h2,4,6-8,10-11,16H,3,5,9,12-13H2,1H3,(H,23,27)(H,24,25)/t16-/m1/s1. The molecule has 1 aliphatic heterocycles. The lowest BCUT2D eigenvalue weighted by atomic mass is 9.97. The second kappa shape index (κ2) is 8.30. The number of carbonyl (C=O) groups is 2. The first-order chi connectivity index (χ1) is 14.1. The smallest absolute Gasteiger partial charge is 0.271 e. The molecule has 0 aromatic carbocycles. The summed E-state index contributed by atoms with van der Waals surface area (Å²) in [7, 11) is 0. The van der Waals surface area contributed by atoms with Crippen LogP contribution in [0.15, 0.2) is 47.1 Å². The average Bonchev–Trinajstić information content (AvgIpc) is 3.41. The normalized spacial score (nSPS) is 16.6. The minimum Gasteiger partial charge on any atom is -0.465 e. The van der Waals surface area contributed by atoms with Crippen LogP contribution in [0, 0.1) is 12.8 Å². The summed E-state index contributed by atoms with van der Waals surface area (Å²) in [4.78, 5) is 31.2. The van der Waals surface area contributed by atoms with Crippen LogP contribution in [0.2, 0.25) is 0 Å². The van der Waals surface area contributed by atoms with Gasteiger partial charge in [0.05, 0.1) is 18.2 Å². The zero-order valence-corrected chi connectivity index (χ0v) is 16.2. The molecular weight excluding hydrogens is 370 g/mol. The van der Waals surface area contributed by atoms with Crippen LogP contribution in [0.1, 0.15) is 34.9 Å². The van der Waals surface area contributed by atoms with Gasteiger partial charge in [-0.15, -0.1) is 0 Å². The van der Waals surface area contributed by atoms with Gasteiger partial charge in [0.15, 0.2) is 0 Å². The number of aromatic amines is 1. The number of aromatic nitrogens is 3. The Labute approximate surface area is 168 Å². The van der Waals surface area contributed by atoms with Gasteiger partial charge in [-0.25, -0.2) is 0 Å². The molecule has 0 radical (unpaired) electrons. The van der Waals surface area contributed by atoms with Gasteiger partial charge in [-0.3, -0.25) is 19.7 Å². The third kappa shape index (κ3) is 4.37. The van der Waals surface area contributed by atoms with E-state index < -0.39 is 0 Å². The van der Waals surface area contributed by atoms with E-state index in [0.717, 1.165) is 29.9 Å². The van der Waals surface area contributed by atoms with Gasteiger partial charge in [-0.05, 0) is 50.1 Å². The third-order valence-electron chi connectivity index (χ3n) is 5.08. The lowest BCUT2D eigenvalue weighted by Crippen LogP contribution is -2.45. The van der Waals surface area contributed by atoms with Gasteiger partial charge in [0.25, 0.3) is 5.91 Å². The van der Waals surface area contributed by atoms with Gasteiger partial charge in [-0.2, -0.15) is 5.10 Å². The highest BCUT2D eigenvalue weighted by molar-refractivity contribution is 5.94. The fourth-order valence-electron chi connectivity index (χ4n) is 3.54. The van der Waals surface area contributed by atoms with E-state index in [0.29, 0.717) is 31.0 Å². The van der Waals surface area contributed by atoms with E-state index in [1.54, 1.807) is 23.4 Å². The molecule has 3 aromatic heterocycles. The van der Waals surface area contributed by atoms with E-state index >= 15 is 0 Å². The Hall–Kier alpha value is -3.42. The Morgan fingerprint density at radius 1 is 1.34 bits per heavy atom. The lowest BCUT2D eigenvalue weighted by Gasteiger charge is -2.31. The summed E-state index contributed by atoms with van der Waals surface area (Å²) >= 11 is 0. The van der Waals surface area contributed by atoms with E-state index in [-0.39, 0.29) is 17.7 Å². The zero-order valence-electron chi connectivity index (χ0n) is 16.2. The van der Waals surface area contributed by atoms with Crippen LogP contribution in [0.5, 0.6) is 0 Å². The molecule has 150 valence electrons. The number of carbonyl (C=O) groups excluding carboxylic acids is 2. The van der Waals surface area contributed by atoms with Gasteiger partial charge in [0.1, 0.15) is 17.2 Å². The van der Waals surface area contributed by atoms with Gasteiger partial charge in [0.2, 0.25) is 5.91 Å². The summed E-state index contributed by atoms with van der Waals surface area (Å²) < 4.78 is 5.48. The number of furan rings is 1. The minimum absolute atomic E-state index is 0.0581. The Morgan fingerprint density at radius 3 is 3.00 bits per heavy atom. The number of hydrogen-bond acceptors (Lipinski definition) is 5. The molecule has 1 aliphatic rings. The molecule has 3 aromatic rings. The second-order valence-corrected chi connectivity index (χ2v) is 7.23. The van der Waals surface area contributed by atoms with Crippen LogP contribution >= 0.6 is 0 Å². The molecule has 2 amide bonds. The highest BCUT2D eigenvalue weighted by Gasteiger charge is 2.29. The Bertz CT molecular complexity index is 995. The van der Waals surface area contributed by atoms with Crippen molar-refractivity contribution in [1.82, 2.24) is 25.4 Å². The van der Waals surface area contributed by atoms with Crippen molar-refractivity contribution in [3.63, 3.8) is 0 Å².